The van der Waals surface area contributed by atoms with Crippen molar-refractivity contribution >= 4 is 34.7 Å². The summed E-state index contributed by atoms with van der Waals surface area (Å²) in [6.45, 7) is 0. The van der Waals surface area contributed by atoms with Gasteiger partial charge in [0.15, 0.2) is 0 Å². The summed E-state index contributed by atoms with van der Waals surface area (Å²) >= 11 is 5.86. The number of nitrogens with zero attached hydrogens (tertiary/aromatic N) is 2. The summed E-state index contributed by atoms with van der Waals surface area (Å²) in [5, 5.41) is 6.29. The molecular formula is C20H15ClN4O. The highest BCUT2D eigenvalue weighted by molar-refractivity contribution is 6.30. The van der Waals surface area contributed by atoms with Crippen LogP contribution in [0.5, 0.6) is 0 Å². The average Bonchev–Trinajstić information content (AvgIpc) is 3.08. The van der Waals surface area contributed by atoms with Crippen molar-refractivity contribution in [2.75, 3.05) is 10.6 Å². The molecule has 0 fully saturated rings. The standard InChI is InChI=1S/C20H15ClN4O/c21-14-8-10-15(11-9-14)22-20(26)24-17-6-2-1-5-16(17)18-13-25-12-4-3-7-19(25)23-18/h1-13H,(H2,22,24,26). The van der Waals surface area contributed by atoms with E-state index in [0.717, 1.165) is 16.9 Å². The molecular weight excluding hydrogens is 348 g/mol. The topological polar surface area (TPSA) is 58.4 Å². The van der Waals surface area contributed by atoms with Crippen molar-refractivity contribution in [3.05, 3.63) is 84.1 Å². The summed E-state index contributed by atoms with van der Waals surface area (Å²) in [5.41, 5.74) is 3.84. The molecule has 2 aromatic heterocycles. The van der Waals surface area contributed by atoms with Crippen LogP contribution in [0.4, 0.5) is 16.2 Å². The van der Waals surface area contributed by atoms with Crippen molar-refractivity contribution in [3.8, 4) is 11.3 Å². The van der Waals surface area contributed by atoms with Gasteiger partial charge in [-0.15, -0.1) is 0 Å². The normalized spacial score (nSPS) is 10.7. The lowest BCUT2D eigenvalue weighted by Crippen LogP contribution is -2.19. The number of nitrogens with one attached hydrogen (secondary N) is 2. The van der Waals surface area contributed by atoms with Crippen LogP contribution in [0.15, 0.2) is 79.1 Å². The first-order valence-electron chi connectivity index (χ1n) is 8.06. The zero-order valence-corrected chi connectivity index (χ0v) is 14.4. The number of urea groups is 1. The van der Waals surface area contributed by atoms with E-state index in [0.29, 0.717) is 16.4 Å². The largest absolute Gasteiger partial charge is 0.323 e. The fraction of sp³-hybridized carbons (Fsp3) is 0. The summed E-state index contributed by atoms with van der Waals surface area (Å²) in [7, 11) is 0. The molecule has 128 valence electrons. The Kier molecular flexibility index (Phi) is 4.29. The second-order valence-electron chi connectivity index (χ2n) is 5.72. The van der Waals surface area contributed by atoms with Crippen molar-refractivity contribution < 1.29 is 4.79 Å². The molecule has 2 aromatic carbocycles. The number of benzene rings is 2. The molecule has 2 N–H and O–H groups in total. The van der Waals surface area contributed by atoms with Crippen LogP contribution in [0, 0.1) is 0 Å². The lowest BCUT2D eigenvalue weighted by molar-refractivity contribution is 0.262. The lowest BCUT2D eigenvalue weighted by Gasteiger charge is -2.11. The van der Waals surface area contributed by atoms with Gasteiger partial charge in [-0.05, 0) is 42.5 Å². The molecule has 5 nitrogen and oxygen atoms in total. The monoisotopic (exact) mass is 362 g/mol. The van der Waals surface area contributed by atoms with Crippen LogP contribution in [0.3, 0.4) is 0 Å². The Morgan fingerprint density at radius 2 is 1.69 bits per heavy atom. The summed E-state index contributed by atoms with van der Waals surface area (Å²) in [6, 6.07) is 20.0. The van der Waals surface area contributed by atoms with E-state index in [1.165, 1.54) is 0 Å². The number of hydrogen-bond acceptors (Lipinski definition) is 2. The van der Waals surface area contributed by atoms with Crippen molar-refractivity contribution in [1.82, 2.24) is 9.38 Å². The molecule has 2 heterocycles. The van der Waals surface area contributed by atoms with Crippen molar-refractivity contribution in [2.45, 2.75) is 0 Å². The Labute approximate surface area is 155 Å². The van der Waals surface area contributed by atoms with Crippen LogP contribution >= 0.6 is 11.6 Å². The Morgan fingerprint density at radius 3 is 2.50 bits per heavy atom. The smallest absolute Gasteiger partial charge is 0.308 e. The minimum atomic E-state index is -0.330. The van der Waals surface area contributed by atoms with E-state index in [1.54, 1.807) is 24.3 Å². The number of aromatic nitrogens is 2. The predicted octanol–water partition coefficient (Wildman–Crippen LogP) is 5.30. The molecule has 6 heteroatoms. The van der Waals surface area contributed by atoms with Crippen LogP contribution in [0.2, 0.25) is 5.02 Å². The minimum absolute atomic E-state index is 0.330. The molecule has 2 amide bonds. The Morgan fingerprint density at radius 1 is 0.923 bits per heavy atom. The van der Waals surface area contributed by atoms with Gasteiger partial charge in [-0.25, -0.2) is 9.78 Å². The SMILES string of the molecule is O=C(Nc1ccc(Cl)cc1)Nc1ccccc1-c1cn2ccccc2n1. The summed E-state index contributed by atoms with van der Waals surface area (Å²) in [4.78, 5) is 17.0. The first kappa shape index (κ1) is 16.2. The third-order valence-electron chi connectivity index (χ3n) is 3.92. The molecule has 0 radical (unpaired) electrons. The van der Waals surface area contributed by atoms with E-state index in [4.69, 9.17) is 11.6 Å². The molecule has 0 spiro atoms. The van der Waals surface area contributed by atoms with Crippen molar-refractivity contribution in [1.29, 1.82) is 0 Å². The first-order valence-corrected chi connectivity index (χ1v) is 8.43. The number of imidazole rings is 1. The van der Waals surface area contributed by atoms with E-state index in [-0.39, 0.29) is 6.03 Å². The number of pyridine rings is 1. The summed E-state index contributed by atoms with van der Waals surface area (Å²) < 4.78 is 1.94. The van der Waals surface area contributed by atoms with Crippen LogP contribution in [-0.2, 0) is 0 Å². The second-order valence-corrected chi connectivity index (χ2v) is 6.16. The maximum Gasteiger partial charge on any atom is 0.323 e. The molecule has 0 unspecified atom stereocenters. The molecule has 0 atom stereocenters. The Bertz CT molecular complexity index is 1040. The van der Waals surface area contributed by atoms with Crippen LogP contribution < -0.4 is 10.6 Å². The third kappa shape index (κ3) is 3.38. The average molecular weight is 363 g/mol. The van der Waals surface area contributed by atoms with Crippen LogP contribution in [0.1, 0.15) is 0 Å². The number of hydrogen-bond donors (Lipinski definition) is 2. The predicted molar refractivity (Wildman–Crippen MR) is 105 cm³/mol. The van der Waals surface area contributed by atoms with Gasteiger partial charge >= 0.3 is 6.03 Å². The molecule has 0 saturated heterocycles. The van der Waals surface area contributed by atoms with Gasteiger partial charge in [-0.1, -0.05) is 35.9 Å². The highest BCUT2D eigenvalue weighted by atomic mass is 35.5. The fourth-order valence-corrected chi connectivity index (χ4v) is 2.82. The number of fused-ring (bicyclic) bond motifs is 1. The molecule has 26 heavy (non-hydrogen) atoms. The fourth-order valence-electron chi connectivity index (χ4n) is 2.70. The van der Waals surface area contributed by atoms with Gasteiger partial charge in [0.1, 0.15) is 5.65 Å². The van der Waals surface area contributed by atoms with Crippen LogP contribution in [-0.4, -0.2) is 15.4 Å². The van der Waals surface area contributed by atoms with Gasteiger partial charge in [0, 0.05) is 28.7 Å². The first-order chi connectivity index (χ1) is 12.7. The lowest BCUT2D eigenvalue weighted by atomic mass is 10.1. The minimum Gasteiger partial charge on any atom is -0.308 e. The molecule has 0 aliphatic rings. The van der Waals surface area contributed by atoms with E-state index < -0.39 is 0 Å². The Hall–Kier alpha value is -3.31. The van der Waals surface area contributed by atoms with Gasteiger partial charge in [0.05, 0.1) is 11.4 Å². The van der Waals surface area contributed by atoms with Gasteiger partial charge in [0.2, 0.25) is 0 Å². The third-order valence-corrected chi connectivity index (χ3v) is 4.17. The number of anilines is 2. The molecule has 0 aliphatic carbocycles. The maximum atomic E-state index is 12.3. The van der Waals surface area contributed by atoms with E-state index in [2.05, 4.69) is 15.6 Å². The van der Waals surface area contributed by atoms with E-state index in [1.807, 2.05) is 59.3 Å². The van der Waals surface area contributed by atoms with E-state index in [9.17, 15) is 4.79 Å². The van der Waals surface area contributed by atoms with Gasteiger partial charge in [0.25, 0.3) is 0 Å². The number of amides is 2. The van der Waals surface area contributed by atoms with Gasteiger partial charge in [-0.2, -0.15) is 0 Å². The molecule has 4 rings (SSSR count). The van der Waals surface area contributed by atoms with Gasteiger partial charge in [-0.3, -0.25) is 0 Å². The quantitative estimate of drug-likeness (QED) is 0.519. The number of rotatable bonds is 3. The highest BCUT2D eigenvalue weighted by Gasteiger charge is 2.11. The van der Waals surface area contributed by atoms with Gasteiger partial charge < -0.3 is 15.0 Å². The van der Waals surface area contributed by atoms with E-state index >= 15 is 0 Å². The zero-order valence-electron chi connectivity index (χ0n) is 13.7. The van der Waals surface area contributed by atoms with Crippen molar-refractivity contribution in [3.63, 3.8) is 0 Å². The number of para-hydroxylation sites is 1. The molecule has 4 aromatic rings. The summed E-state index contributed by atoms with van der Waals surface area (Å²) in [6.07, 6.45) is 3.88. The highest BCUT2D eigenvalue weighted by Crippen LogP contribution is 2.27. The number of carbonyl (C=O) groups is 1. The van der Waals surface area contributed by atoms with Crippen molar-refractivity contribution in [2.24, 2.45) is 0 Å². The Balaban J connectivity index is 1.59. The van der Waals surface area contributed by atoms with Crippen LogP contribution in [0.25, 0.3) is 16.9 Å². The maximum absolute atomic E-state index is 12.3. The molecule has 0 bridgehead atoms. The zero-order chi connectivity index (χ0) is 17.9. The number of carbonyl (C=O) groups excluding carboxylic acids is 1. The molecule has 0 saturated carbocycles. The molecule has 0 aliphatic heterocycles. The summed E-state index contributed by atoms with van der Waals surface area (Å²) in [5.74, 6) is 0. The second kappa shape index (κ2) is 6.90. The number of halogens is 1.